The van der Waals surface area contributed by atoms with Gasteiger partial charge in [0.2, 0.25) is 0 Å². The lowest BCUT2D eigenvalue weighted by atomic mass is 10.3. The van der Waals surface area contributed by atoms with E-state index in [9.17, 15) is 18.0 Å². The van der Waals surface area contributed by atoms with Crippen LogP contribution in [0.5, 0.6) is 0 Å². The molecule has 2 aromatic heterocycles. The minimum atomic E-state index is -4.60. The highest BCUT2D eigenvalue weighted by atomic mass is 79.9. The summed E-state index contributed by atoms with van der Waals surface area (Å²) in [6.07, 6.45) is -4.02. The number of carbonyl (C=O) groups is 1. The highest BCUT2D eigenvalue weighted by Crippen LogP contribution is 2.36. The summed E-state index contributed by atoms with van der Waals surface area (Å²) in [5.41, 5.74) is 0.568. The van der Waals surface area contributed by atoms with Crippen molar-refractivity contribution < 1.29 is 18.0 Å². The molecule has 0 saturated carbocycles. The smallest absolute Gasteiger partial charge is 0.351 e. The molecule has 2 rings (SSSR count). The maximum atomic E-state index is 12.9. The van der Waals surface area contributed by atoms with E-state index in [0.717, 1.165) is 22.9 Å². The van der Waals surface area contributed by atoms with Crippen LogP contribution in [0.2, 0.25) is 0 Å². The standard InChI is InChI=1S/C14H16Br2F3N5O/c1-7-9(15)8(2)24(21-7)6-4-5-20-13(25)11-10(16)12(14(17,18)19)23(3)22-11/h4-6H2,1-3H3,(H,20,25). The lowest BCUT2D eigenvalue weighted by Gasteiger charge is -2.07. The summed E-state index contributed by atoms with van der Waals surface area (Å²) in [5, 5.41) is 10.6. The molecule has 138 valence electrons. The van der Waals surface area contributed by atoms with E-state index in [-0.39, 0.29) is 10.2 Å². The van der Waals surface area contributed by atoms with Gasteiger partial charge in [0.05, 0.1) is 14.6 Å². The Morgan fingerprint density at radius 2 is 1.84 bits per heavy atom. The van der Waals surface area contributed by atoms with Crippen LogP contribution in [0.25, 0.3) is 0 Å². The molecule has 0 saturated heterocycles. The number of amides is 1. The van der Waals surface area contributed by atoms with Crippen LogP contribution in [0.1, 0.15) is 34.0 Å². The third-order valence-electron chi connectivity index (χ3n) is 3.60. The quantitative estimate of drug-likeness (QED) is 0.657. The second kappa shape index (κ2) is 7.48. The molecule has 1 amide bonds. The molecule has 0 unspecified atom stereocenters. The van der Waals surface area contributed by atoms with E-state index in [0.29, 0.717) is 24.2 Å². The molecule has 1 N–H and O–H groups in total. The molecule has 0 fully saturated rings. The summed E-state index contributed by atoms with van der Waals surface area (Å²) in [7, 11) is 1.14. The van der Waals surface area contributed by atoms with Crippen LogP contribution >= 0.6 is 31.9 Å². The Bertz CT molecular complexity index is 797. The SMILES string of the molecule is Cc1nn(CCCNC(=O)c2nn(C)c(C(F)(F)F)c2Br)c(C)c1Br. The molecule has 0 atom stereocenters. The van der Waals surface area contributed by atoms with Crippen LogP contribution in [-0.2, 0) is 19.8 Å². The number of halogens is 5. The average Bonchev–Trinajstić information content (AvgIpc) is 2.94. The molecule has 2 heterocycles. The summed E-state index contributed by atoms with van der Waals surface area (Å²) >= 11 is 6.26. The topological polar surface area (TPSA) is 64.7 Å². The zero-order valence-electron chi connectivity index (χ0n) is 13.7. The van der Waals surface area contributed by atoms with Gasteiger partial charge in [0, 0.05) is 25.8 Å². The van der Waals surface area contributed by atoms with Crippen molar-refractivity contribution in [2.45, 2.75) is 33.0 Å². The van der Waals surface area contributed by atoms with Gasteiger partial charge in [0.1, 0.15) is 0 Å². The maximum absolute atomic E-state index is 12.9. The molecule has 0 spiro atoms. The largest absolute Gasteiger partial charge is 0.434 e. The van der Waals surface area contributed by atoms with Crippen LogP contribution in [-0.4, -0.2) is 32.0 Å². The first-order valence-corrected chi connectivity index (χ1v) is 8.90. The summed E-state index contributed by atoms with van der Waals surface area (Å²) in [6, 6.07) is 0. The molecular formula is C14H16Br2F3N5O. The maximum Gasteiger partial charge on any atom is 0.434 e. The Hall–Kier alpha value is -1.36. The minimum absolute atomic E-state index is 0.288. The Labute approximate surface area is 159 Å². The van der Waals surface area contributed by atoms with Crippen molar-refractivity contribution in [1.82, 2.24) is 24.9 Å². The molecule has 0 radical (unpaired) electrons. The molecule has 0 aliphatic rings. The first-order chi connectivity index (χ1) is 11.5. The fourth-order valence-corrected chi connectivity index (χ4v) is 3.38. The monoisotopic (exact) mass is 485 g/mol. The van der Waals surface area contributed by atoms with E-state index in [1.54, 1.807) is 0 Å². The van der Waals surface area contributed by atoms with Gasteiger partial charge in [-0.2, -0.15) is 23.4 Å². The summed E-state index contributed by atoms with van der Waals surface area (Å²) in [4.78, 5) is 12.1. The van der Waals surface area contributed by atoms with Crippen LogP contribution < -0.4 is 5.32 Å². The second-order valence-electron chi connectivity index (χ2n) is 5.45. The molecule has 0 aliphatic carbocycles. The van der Waals surface area contributed by atoms with Crippen LogP contribution in [0, 0.1) is 13.8 Å². The normalized spacial score (nSPS) is 11.8. The zero-order chi connectivity index (χ0) is 18.9. The van der Waals surface area contributed by atoms with E-state index in [1.807, 2.05) is 18.5 Å². The van der Waals surface area contributed by atoms with Crippen LogP contribution in [0.4, 0.5) is 13.2 Å². The fraction of sp³-hybridized carbons (Fsp3) is 0.500. The Kier molecular flexibility index (Phi) is 5.97. The average molecular weight is 487 g/mol. The molecule has 6 nitrogen and oxygen atoms in total. The number of aryl methyl sites for hydroxylation is 3. The number of hydrogen-bond acceptors (Lipinski definition) is 3. The molecule has 0 aromatic carbocycles. The molecule has 0 bridgehead atoms. The molecular weight excluding hydrogens is 471 g/mol. The van der Waals surface area contributed by atoms with E-state index >= 15 is 0 Å². The highest BCUT2D eigenvalue weighted by molar-refractivity contribution is 9.10. The highest BCUT2D eigenvalue weighted by Gasteiger charge is 2.39. The van der Waals surface area contributed by atoms with Gasteiger partial charge in [0.15, 0.2) is 11.4 Å². The molecule has 2 aromatic rings. The molecule has 11 heteroatoms. The van der Waals surface area contributed by atoms with Crippen molar-refractivity contribution in [3.63, 3.8) is 0 Å². The predicted octanol–water partition coefficient (Wildman–Crippen LogP) is 3.60. The van der Waals surface area contributed by atoms with Crippen LogP contribution in [0.15, 0.2) is 8.95 Å². The van der Waals surface area contributed by atoms with Gasteiger partial charge in [-0.25, -0.2) is 0 Å². The first kappa shape index (κ1) is 20.0. The summed E-state index contributed by atoms with van der Waals surface area (Å²) < 4.78 is 41.8. The Morgan fingerprint density at radius 3 is 2.32 bits per heavy atom. The Balaban J connectivity index is 1.96. The number of aromatic nitrogens is 4. The summed E-state index contributed by atoms with van der Waals surface area (Å²) in [5.74, 6) is -0.660. The van der Waals surface area contributed by atoms with Gasteiger partial charge >= 0.3 is 6.18 Å². The number of nitrogens with zero attached hydrogens (tertiary/aromatic N) is 4. The van der Waals surface area contributed by atoms with Gasteiger partial charge in [-0.15, -0.1) is 0 Å². The van der Waals surface area contributed by atoms with E-state index in [4.69, 9.17) is 0 Å². The van der Waals surface area contributed by atoms with Crippen molar-refractivity contribution in [3.8, 4) is 0 Å². The number of nitrogens with one attached hydrogen (secondary N) is 1. The number of rotatable bonds is 5. The van der Waals surface area contributed by atoms with Crippen LogP contribution in [0.3, 0.4) is 0 Å². The molecule has 25 heavy (non-hydrogen) atoms. The van der Waals surface area contributed by atoms with Crippen molar-refractivity contribution >= 4 is 37.8 Å². The zero-order valence-corrected chi connectivity index (χ0v) is 16.9. The van der Waals surface area contributed by atoms with Crippen molar-refractivity contribution in [2.75, 3.05) is 6.54 Å². The third-order valence-corrected chi connectivity index (χ3v) is 5.50. The van der Waals surface area contributed by atoms with Gasteiger partial charge in [-0.05, 0) is 52.1 Å². The third kappa shape index (κ3) is 4.25. The Morgan fingerprint density at radius 1 is 1.20 bits per heavy atom. The number of hydrogen-bond donors (Lipinski definition) is 1. The fourth-order valence-electron chi connectivity index (χ4n) is 2.36. The van der Waals surface area contributed by atoms with E-state index < -0.39 is 17.8 Å². The van der Waals surface area contributed by atoms with Crippen molar-refractivity contribution in [2.24, 2.45) is 7.05 Å². The van der Waals surface area contributed by atoms with Gasteiger partial charge in [-0.3, -0.25) is 14.2 Å². The minimum Gasteiger partial charge on any atom is -0.351 e. The van der Waals surface area contributed by atoms with Crippen molar-refractivity contribution in [1.29, 1.82) is 0 Å². The predicted molar refractivity (Wildman–Crippen MR) is 92.3 cm³/mol. The first-order valence-electron chi connectivity index (χ1n) is 7.31. The van der Waals surface area contributed by atoms with Gasteiger partial charge < -0.3 is 5.32 Å². The lowest BCUT2D eigenvalue weighted by molar-refractivity contribution is -0.144. The number of alkyl halides is 3. The molecule has 0 aliphatic heterocycles. The van der Waals surface area contributed by atoms with E-state index in [2.05, 4.69) is 47.4 Å². The van der Waals surface area contributed by atoms with E-state index in [1.165, 1.54) is 0 Å². The lowest BCUT2D eigenvalue weighted by Crippen LogP contribution is -2.26. The van der Waals surface area contributed by atoms with Gasteiger partial charge in [-0.1, -0.05) is 0 Å². The second-order valence-corrected chi connectivity index (χ2v) is 7.04. The van der Waals surface area contributed by atoms with Crippen molar-refractivity contribution in [3.05, 3.63) is 31.7 Å². The number of carbonyl (C=O) groups excluding carboxylic acids is 1. The summed E-state index contributed by atoms with van der Waals surface area (Å²) in [6.45, 7) is 4.67. The van der Waals surface area contributed by atoms with Gasteiger partial charge in [0.25, 0.3) is 5.91 Å².